The third kappa shape index (κ3) is 2.00. The second-order valence-corrected chi connectivity index (χ2v) is 4.66. The lowest BCUT2D eigenvalue weighted by Gasteiger charge is -2.32. The summed E-state index contributed by atoms with van der Waals surface area (Å²) in [5.74, 6) is 6.95. The summed E-state index contributed by atoms with van der Waals surface area (Å²) in [6, 6.07) is 10.4. The normalized spacial score (nSPS) is 18.8. The van der Waals surface area contributed by atoms with Crippen LogP contribution in [0, 0.1) is 0 Å². The van der Waals surface area contributed by atoms with Crippen LogP contribution in [0.1, 0.15) is 35.3 Å². The predicted octanol–water partition coefficient (Wildman–Crippen LogP) is 1.71. The van der Waals surface area contributed by atoms with Gasteiger partial charge in [0.2, 0.25) is 0 Å². The van der Waals surface area contributed by atoms with Gasteiger partial charge in [-0.2, -0.15) is 0 Å². The van der Waals surface area contributed by atoms with Crippen molar-refractivity contribution in [3.8, 4) is 0 Å². The summed E-state index contributed by atoms with van der Waals surface area (Å²) >= 11 is 0. The van der Waals surface area contributed by atoms with E-state index in [-0.39, 0.29) is 6.04 Å². The molecule has 0 spiro atoms. The van der Waals surface area contributed by atoms with Gasteiger partial charge in [0.15, 0.2) is 0 Å². The first-order valence-corrected chi connectivity index (χ1v) is 6.19. The Bertz CT molecular complexity index is 526. The third-order valence-electron chi connectivity index (χ3n) is 3.58. The van der Waals surface area contributed by atoms with Gasteiger partial charge in [-0.25, -0.2) is 15.4 Å². The van der Waals surface area contributed by atoms with E-state index in [1.54, 1.807) is 12.4 Å². The van der Waals surface area contributed by atoms with Crippen LogP contribution in [0.25, 0.3) is 0 Å². The lowest BCUT2D eigenvalue weighted by Crippen LogP contribution is -2.32. The van der Waals surface area contributed by atoms with E-state index in [4.69, 9.17) is 5.84 Å². The number of hydrogen-bond acceptors (Lipinski definition) is 4. The van der Waals surface area contributed by atoms with Crippen LogP contribution in [0.4, 0.5) is 0 Å². The first-order chi connectivity index (χ1) is 8.88. The number of nitrogens with one attached hydrogen (secondary N) is 1. The van der Waals surface area contributed by atoms with Gasteiger partial charge in [-0.05, 0) is 36.0 Å². The first kappa shape index (κ1) is 11.3. The van der Waals surface area contributed by atoms with Crippen molar-refractivity contribution in [1.82, 2.24) is 15.4 Å². The molecule has 0 fully saturated rings. The van der Waals surface area contributed by atoms with Crippen molar-refractivity contribution in [2.75, 3.05) is 0 Å². The van der Waals surface area contributed by atoms with Crippen LogP contribution in [0.15, 0.2) is 42.7 Å². The Hall–Kier alpha value is -1.78. The van der Waals surface area contributed by atoms with Gasteiger partial charge in [-0.1, -0.05) is 24.3 Å². The highest BCUT2D eigenvalue weighted by atomic mass is 15.2. The molecule has 1 aliphatic carbocycles. The minimum atomic E-state index is 0.0181. The van der Waals surface area contributed by atoms with Crippen molar-refractivity contribution in [2.24, 2.45) is 5.84 Å². The molecule has 0 aliphatic heterocycles. The molecule has 18 heavy (non-hydrogen) atoms. The van der Waals surface area contributed by atoms with Crippen molar-refractivity contribution in [3.05, 3.63) is 59.7 Å². The molecule has 92 valence electrons. The number of hydrogen-bond donors (Lipinski definition) is 2. The Morgan fingerprint density at radius 2 is 2.00 bits per heavy atom. The van der Waals surface area contributed by atoms with Gasteiger partial charge in [0.25, 0.3) is 0 Å². The fourth-order valence-corrected chi connectivity index (χ4v) is 2.60. The van der Waals surface area contributed by atoms with Gasteiger partial charge in [-0.15, -0.1) is 0 Å². The smallest absolute Gasteiger partial charge is 0.146 e. The van der Waals surface area contributed by atoms with Crippen LogP contribution in [0.3, 0.4) is 0 Å². The first-order valence-electron chi connectivity index (χ1n) is 6.19. The molecular formula is C14H16N4. The highest BCUT2D eigenvalue weighted by Crippen LogP contribution is 2.39. The summed E-state index contributed by atoms with van der Waals surface area (Å²) in [5, 5.41) is 0. The molecule has 2 aromatic rings. The fourth-order valence-electron chi connectivity index (χ4n) is 2.60. The molecule has 0 saturated heterocycles. The monoisotopic (exact) mass is 240 g/mol. The van der Waals surface area contributed by atoms with Crippen LogP contribution in [0.2, 0.25) is 0 Å². The topological polar surface area (TPSA) is 63.8 Å². The summed E-state index contributed by atoms with van der Waals surface area (Å²) in [6.07, 6.45) is 5.57. The van der Waals surface area contributed by atoms with Gasteiger partial charge >= 0.3 is 0 Å². The summed E-state index contributed by atoms with van der Waals surface area (Å²) < 4.78 is 0. The standard InChI is InChI=1S/C14H16N4/c15-18-13(14-16-6-3-7-17-14)9-11-8-10-4-1-2-5-12(10)11/h1-7,11,13,18H,8-9,15H2. The molecule has 4 heteroatoms. The molecular weight excluding hydrogens is 224 g/mol. The largest absolute Gasteiger partial charge is 0.271 e. The van der Waals surface area contributed by atoms with Crippen molar-refractivity contribution >= 4 is 0 Å². The molecule has 3 N–H and O–H groups in total. The molecule has 1 aliphatic rings. The van der Waals surface area contributed by atoms with E-state index in [0.29, 0.717) is 5.92 Å². The maximum Gasteiger partial charge on any atom is 0.146 e. The molecule has 3 rings (SSSR count). The van der Waals surface area contributed by atoms with E-state index in [0.717, 1.165) is 18.7 Å². The zero-order valence-corrected chi connectivity index (χ0v) is 10.1. The fraction of sp³-hybridized carbons (Fsp3) is 0.286. The Morgan fingerprint density at radius 3 is 2.72 bits per heavy atom. The van der Waals surface area contributed by atoms with Crippen molar-refractivity contribution in [1.29, 1.82) is 0 Å². The van der Waals surface area contributed by atoms with E-state index in [9.17, 15) is 0 Å². The molecule has 0 saturated carbocycles. The van der Waals surface area contributed by atoms with E-state index in [1.807, 2.05) is 6.07 Å². The Labute approximate surface area is 106 Å². The average molecular weight is 240 g/mol. The highest BCUT2D eigenvalue weighted by molar-refractivity contribution is 5.40. The summed E-state index contributed by atoms with van der Waals surface area (Å²) in [5.41, 5.74) is 5.71. The average Bonchev–Trinajstić information content (AvgIpc) is 2.41. The molecule has 0 bridgehead atoms. The van der Waals surface area contributed by atoms with Crippen molar-refractivity contribution in [2.45, 2.75) is 24.8 Å². The molecule has 0 amide bonds. The molecule has 4 nitrogen and oxygen atoms in total. The molecule has 1 aromatic heterocycles. The van der Waals surface area contributed by atoms with Crippen molar-refractivity contribution in [3.63, 3.8) is 0 Å². The number of nitrogens with two attached hydrogens (primary N) is 1. The van der Waals surface area contributed by atoms with Crippen LogP contribution in [-0.4, -0.2) is 9.97 Å². The minimum Gasteiger partial charge on any atom is -0.271 e. The molecule has 2 unspecified atom stereocenters. The van der Waals surface area contributed by atoms with Gasteiger partial charge in [-0.3, -0.25) is 5.84 Å². The highest BCUT2D eigenvalue weighted by Gasteiger charge is 2.29. The summed E-state index contributed by atoms with van der Waals surface area (Å²) in [6.45, 7) is 0. The lowest BCUT2D eigenvalue weighted by atomic mass is 9.74. The number of fused-ring (bicyclic) bond motifs is 1. The second kappa shape index (κ2) is 4.84. The molecule has 0 radical (unpaired) electrons. The van der Waals surface area contributed by atoms with Gasteiger partial charge in [0.1, 0.15) is 5.82 Å². The van der Waals surface area contributed by atoms with Gasteiger partial charge in [0.05, 0.1) is 6.04 Å². The Kier molecular flexibility index (Phi) is 3.04. The van der Waals surface area contributed by atoms with Crippen LogP contribution >= 0.6 is 0 Å². The number of hydrazine groups is 1. The number of rotatable bonds is 4. The number of aromatic nitrogens is 2. The quantitative estimate of drug-likeness (QED) is 0.631. The van der Waals surface area contributed by atoms with E-state index in [2.05, 4.69) is 39.7 Å². The van der Waals surface area contributed by atoms with Crippen LogP contribution in [-0.2, 0) is 6.42 Å². The summed E-state index contributed by atoms with van der Waals surface area (Å²) in [4.78, 5) is 8.53. The minimum absolute atomic E-state index is 0.0181. The number of nitrogens with zero attached hydrogens (tertiary/aromatic N) is 2. The maximum atomic E-state index is 5.62. The summed E-state index contributed by atoms with van der Waals surface area (Å²) in [7, 11) is 0. The Balaban J connectivity index is 1.74. The lowest BCUT2D eigenvalue weighted by molar-refractivity contribution is 0.420. The molecule has 1 heterocycles. The predicted molar refractivity (Wildman–Crippen MR) is 69.6 cm³/mol. The SMILES string of the molecule is NNC(CC1Cc2ccccc21)c1ncccn1. The molecule has 2 atom stereocenters. The van der Waals surface area contributed by atoms with Crippen LogP contribution in [0.5, 0.6) is 0 Å². The third-order valence-corrected chi connectivity index (χ3v) is 3.58. The number of benzene rings is 1. The van der Waals surface area contributed by atoms with Gasteiger partial charge < -0.3 is 0 Å². The van der Waals surface area contributed by atoms with E-state index >= 15 is 0 Å². The zero-order chi connectivity index (χ0) is 12.4. The molecule has 1 aromatic carbocycles. The Morgan fingerprint density at radius 1 is 1.22 bits per heavy atom. The van der Waals surface area contributed by atoms with Gasteiger partial charge in [0, 0.05) is 12.4 Å². The van der Waals surface area contributed by atoms with Crippen LogP contribution < -0.4 is 11.3 Å². The second-order valence-electron chi connectivity index (χ2n) is 4.66. The van der Waals surface area contributed by atoms with E-state index < -0.39 is 0 Å². The maximum absolute atomic E-state index is 5.62. The zero-order valence-electron chi connectivity index (χ0n) is 10.1. The van der Waals surface area contributed by atoms with Crippen molar-refractivity contribution < 1.29 is 0 Å². The van der Waals surface area contributed by atoms with E-state index in [1.165, 1.54) is 11.1 Å².